The molecular formula is C20H26FN3O4. The van der Waals surface area contributed by atoms with Gasteiger partial charge in [-0.05, 0) is 36.6 Å². The minimum absolute atomic E-state index is 0.0605. The van der Waals surface area contributed by atoms with Crippen LogP contribution < -0.4 is 10.8 Å². The smallest absolute Gasteiger partial charge is 0.278 e. The van der Waals surface area contributed by atoms with Crippen LogP contribution in [0.15, 0.2) is 18.2 Å². The van der Waals surface area contributed by atoms with Crippen LogP contribution in [0.3, 0.4) is 0 Å². The van der Waals surface area contributed by atoms with Gasteiger partial charge in [-0.1, -0.05) is 19.9 Å². The molecule has 1 aromatic carbocycles. The number of benzene rings is 1. The van der Waals surface area contributed by atoms with Gasteiger partial charge in [-0.15, -0.1) is 0 Å². The van der Waals surface area contributed by atoms with E-state index in [9.17, 15) is 14.0 Å². The Morgan fingerprint density at radius 2 is 2.04 bits per heavy atom. The van der Waals surface area contributed by atoms with Crippen LogP contribution in [0.2, 0.25) is 0 Å². The summed E-state index contributed by atoms with van der Waals surface area (Å²) in [7, 11) is 1.65. The van der Waals surface area contributed by atoms with Crippen LogP contribution in [-0.4, -0.2) is 34.6 Å². The second-order valence-electron chi connectivity index (χ2n) is 6.14. The number of fused-ring (bicyclic) bond motifs is 1. The van der Waals surface area contributed by atoms with Crippen molar-refractivity contribution in [2.45, 2.75) is 33.6 Å². The predicted octanol–water partition coefficient (Wildman–Crippen LogP) is 3.03. The van der Waals surface area contributed by atoms with E-state index in [0.717, 1.165) is 5.56 Å². The Balaban J connectivity index is 0.00000136. The normalized spacial score (nSPS) is 12.3. The van der Waals surface area contributed by atoms with Gasteiger partial charge in [0.1, 0.15) is 11.6 Å². The molecule has 0 saturated heterocycles. The molecule has 1 aromatic heterocycles. The quantitative estimate of drug-likeness (QED) is 0.520. The van der Waals surface area contributed by atoms with Gasteiger partial charge in [0.15, 0.2) is 5.78 Å². The van der Waals surface area contributed by atoms with Crippen molar-refractivity contribution < 1.29 is 23.9 Å². The van der Waals surface area contributed by atoms with Gasteiger partial charge in [0.25, 0.3) is 5.91 Å². The van der Waals surface area contributed by atoms with Gasteiger partial charge in [0.05, 0.1) is 30.2 Å². The first-order valence-electron chi connectivity index (χ1n) is 9.25. The SMILES string of the molecule is CC.Cc1ccc(Nc2c(C(=O)NOCCO)c3c(n2C)C(=O)CC3)c(F)c1. The maximum absolute atomic E-state index is 14.2. The lowest BCUT2D eigenvalue weighted by Gasteiger charge is -2.13. The number of hydroxylamine groups is 1. The number of ketones is 1. The molecule has 1 aliphatic rings. The molecule has 3 N–H and O–H groups in total. The molecule has 3 rings (SSSR count). The Hall–Kier alpha value is -2.71. The van der Waals surface area contributed by atoms with E-state index in [1.807, 2.05) is 13.8 Å². The molecule has 2 aromatic rings. The summed E-state index contributed by atoms with van der Waals surface area (Å²) in [5.41, 5.74) is 4.51. The lowest BCUT2D eigenvalue weighted by molar-refractivity contribution is 0.0168. The molecule has 1 heterocycles. The first-order valence-corrected chi connectivity index (χ1v) is 9.25. The number of aryl methyl sites for hydroxylation is 1. The van der Waals surface area contributed by atoms with Crippen LogP contribution in [0.1, 0.15) is 52.2 Å². The monoisotopic (exact) mass is 391 g/mol. The number of aliphatic hydroxyl groups is 1. The van der Waals surface area contributed by atoms with E-state index in [1.165, 1.54) is 6.07 Å². The molecule has 7 nitrogen and oxygen atoms in total. The summed E-state index contributed by atoms with van der Waals surface area (Å²) in [5, 5.41) is 11.7. The highest BCUT2D eigenvalue weighted by Gasteiger charge is 2.33. The van der Waals surface area contributed by atoms with Gasteiger partial charge in [0.2, 0.25) is 0 Å². The van der Waals surface area contributed by atoms with E-state index in [0.29, 0.717) is 29.9 Å². The maximum atomic E-state index is 14.2. The number of carbonyl (C=O) groups is 2. The maximum Gasteiger partial charge on any atom is 0.278 e. The van der Waals surface area contributed by atoms with Crippen LogP contribution in [0.25, 0.3) is 0 Å². The van der Waals surface area contributed by atoms with Crippen molar-refractivity contribution in [3.63, 3.8) is 0 Å². The molecule has 0 unspecified atom stereocenters. The molecule has 1 aliphatic carbocycles. The third-order valence-corrected chi connectivity index (χ3v) is 4.32. The standard InChI is InChI=1S/C18H20FN3O4.C2H6/c1-10-3-5-13(12(19)9-10)20-17-15(18(25)21-26-8-7-23)11-4-6-14(24)16(11)22(17)2;1-2/h3,5,9,20,23H,4,6-8H2,1-2H3,(H,21,25);1-2H3. The molecule has 0 bridgehead atoms. The van der Waals surface area contributed by atoms with Crippen molar-refractivity contribution in [1.29, 1.82) is 0 Å². The van der Waals surface area contributed by atoms with E-state index >= 15 is 0 Å². The van der Waals surface area contributed by atoms with E-state index in [-0.39, 0.29) is 30.2 Å². The number of aromatic nitrogens is 1. The number of halogens is 1. The Morgan fingerprint density at radius 3 is 2.68 bits per heavy atom. The fraction of sp³-hybridized carbons (Fsp3) is 0.400. The summed E-state index contributed by atoms with van der Waals surface area (Å²) >= 11 is 0. The summed E-state index contributed by atoms with van der Waals surface area (Å²) in [6, 6.07) is 4.71. The first kappa shape index (κ1) is 21.6. The molecule has 0 spiro atoms. The molecule has 0 aliphatic heterocycles. The number of rotatable bonds is 6. The summed E-state index contributed by atoms with van der Waals surface area (Å²) in [6.07, 6.45) is 0.762. The van der Waals surface area contributed by atoms with Crippen molar-refractivity contribution in [3.8, 4) is 0 Å². The van der Waals surface area contributed by atoms with Crippen LogP contribution >= 0.6 is 0 Å². The third-order valence-electron chi connectivity index (χ3n) is 4.32. The first-order chi connectivity index (χ1) is 13.4. The Labute approximate surface area is 163 Å². The molecule has 0 fully saturated rings. The van der Waals surface area contributed by atoms with Gasteiger partial charge in [-0.2, -0.15) is 0 Å². The number of amides is 1. The second kappa shape index (κ2) is 9.48. The Morgan fingerprint density at radius 1 is 1.32 bits per heavy atom. The number of hydrogen-bond donors (Lipinski definition) is 3. The minimum atomic E-state index is -0.556. The summed E-state index contributed by atoms with van der Waals surface area (Å²) < 4.78 is 15.8. The summed E-state index contributed by atoms with van der Waals surface area (Å²) in [6.45, 7) is 5.47. The van der Waals surface area contributed by atoms with E-state index < -0.39 is 11.7 Å². The molecule has 0 atom stereocenters. The molecule has 152 valence electrons. The van der Waals surface area contributed by atoms with Crippen molar-refractivity contribution in [3.05, 3.63) is 46.4 Å². The largest absolute Gasteiger partial charge is 0.394 e. The van der Waals surface area contributed by atoms with Gasteiger partial charge in [-0.25, -0.2) is 9.87 Å². The molecule has 0 radical (unpaired) electrons. The average Bonchev–Trinajstić information content (AvgIpc) is 3.18. The van der Waals surface area contributed by atoms with Crippen LogP contribution in [-0.2, 0) is 18.3 Å². The van der Waals surface area contributed by atoms with Crippen LogP contribution in [0.4, 0.5) is 15.9 Å². The van der Waals surface area contributed by atoms with Gasteiger partial charge in [-0.3, -0.25) is 14.4 Å². The number of hydrogen-bond acceptors (Lipinski definition) is 5. The second-order valence-corrected chi connectivity index (χ2v) is 6.14. The van der Waals surface area contributed by atoms with Crippen LogP contribution in [0, 0.1) is 12.7 Å². The highest BCUT2D eigenvalue weighted by atomic mass is 19.1. The van der Waals surface area contributed by atoms with Crippen molar-refractivity contribution in [1.82, 2.24) is 10.0 Å². The van der Waals surface area contributed by atoms with E-state index in [1.54, 1.807) is 30.7 Å². The topological polar surface area (TPSA) is 92.6 Å². The number of Topliss-reactive ketones (excluding diaryl/α,β-unsaturated/α-hetero) is 1. The number of carbonyl (C=O) groups excluding carboxylic acids is 2. The molecule has 0 saturated carbocycles. The van der Waals surface area contributed by atoms with Crippen molar-refractivity contribution >= 4 is 23.2 Å². The van der Waals surface area contributed by atoms with Gasteiger partial charge < -0.3 is 15.0 Å². The zero-order valence-electron chi connectivity index (χ0n) is 16.6. The third kappa shape index (κ3) is 4.23. The zero-order chi connectivity index (χ0) is 20.8. The van der Waals surface area contributed by atoms with Gasteiger partial charge in [0, 0.05) is 13.5 Å². The summed E-state index contributed by atoms with van der Waals surface area (Å²) in [5.74, 6) is -0.762. The lowest BCUT2D eigenvalue weighted by atomic mass is 10.1. The minimum Gasteiger partial charge on any atom is -0.394 e. The fourth-order valence-electron chi connectivity index (χ4n) is 3.15. The van der Waals surface area contributed by atoms with Crippen LogP contribution in [0.5, 0.6) is 0 Å². The molecule has 1 amide bonds. The predicted molar refractivity (Wildman–Crippen MR) is 104 cm³/mol. The highest BCUT2D eigenvalue weighted by Crippen LogP contribution is 2.35. The lowest BCUT2D eigenvalue weighted by Crippen LogP contribution is -2.26. The number of nitrogens with zero attached hydrogens (tertiary/aromatic N) is 1. The number of aliphatic hydroxyl groups excluding tert-OH is 1. The van der Waals surface area contributed by atoms with Gasteiger partial charge >= 0.3 is 0 Å². The number of nitrogens with one attached hydrogen (secondary N) is 2. The highest BCUT2D eigenvalue weighted by molar-refractivity contribution is 6.09. The Kier molecular flexibility index (Phi) is 7.31. The molecule has 28 heavy (non-hydrogen) atoms. The van der Waals surface area contributed by atoms with E-state index in [2.05, 4.69) is 10.8 Å². The molecule has 8 heteroatoms. The Bertz CT molecular complexity index is 877. The fourth-order valence-corrected chi connectivity index (χ4v) is 3.15. The molecular weight excluding hydrogens is 365 g/mol. The van der Waals surface area contributed by atoms with Crippen molar-refractivity contribution in [2.75, 3.05) is 18.5 Å². The van der Waals surface area contributed by atoms with E-state index in [4.69, 9.17) is 9.94 Å². The average molecular weight is 391 g/mol. The number of anilines is 2. The summed E-state index contributed by atoms with van der Waals surface area (Å²) in [4.78, 5) is 29.6. The zero-order valence-corrected chi connectivity index (χ0v) is 16.6. The van der Waals surface area contributed by atoms with Crippen molar-refractivity contribution in [2.24, 2.45) is 7.05 Å².